The molecular weight excluding hydrogens is 422 g/mol. The zero-order chi connectivity index (χ0) is 21.8. The third-order valence-electron chi connectivity index (χ3n) is 8.35. The molecule has 174 valence electrons. The van der Waals surface area contributed by atoms with Crippen LogP contribution in [0, 0.1) is 17.8 Å². The quantitative estimate of drug-likeness (QED) is 0.443. The molecule has 2 bridgehead atoms. The van der Waals surface area contributed by atoms with Gasteiger partial charge in [-0.25, -0.2) is 0 Å². The lowest BCUT2D eigenvalue weighted by Crippen LogP contribution is -2.48. The third kappa shape index (κ3) is 3.70. The number of carbonyl (C=O) groups is 2. The predicted molar refractivity (Wildman–Crippen MR) is 110 cm³/mol. The van der Waals surface area contributed by atoms with Crippen molar-refractivity contribution in [2.45, 2.75) is 87.8 Å². The average Bonchev–Trinajstić information content (AvgIpc) is 3.46. The first kappa shape index (κ1) is 21.6. The first-order chi connectivity index (χ1) is 14.8. The summed E-state index contributed by atoms with van der Waals surface area (Å²) >= 11 is 0. The number of ether oxygens (including phenoxy) is 2. The van der Waals surface area contributed by atoms with Crippen LogP contribution in [0.15, 0.2) is 0 Å². The molecule has 0 N–H and O–H groups in total. The van der Waals surface area contributed by atoms with Crippen molar-refractivity contribution < 1.29 is 31.7 Å². The van der Waals surface area contributed by atoms with Gasteiger partial charge >= 0.3 is 11.9 Å². The van der Waals surface area contributed by atoms with Gasteiger partial charge in [-0.15, -0.1) is 0 Å². The Balaban J connectivity index is 1.32. The lowest BCUT2D eigenvalue weighted by Gasteiger charge is -2.34. The van der Waals surface area contributed by atoms with Crippen LogP contribution in [0.5, 0.6) is 0 Å². The number of esters is 2. The monoisotopic (exact) mass is 455 g/mol. The highest BCUT2D eigenvalue weighted by molar-refractivity contribution is 7.87. The molecule has 5 aliphatic rings. The molecule has 0 aromatic rings. The molecule has 2 aliphatic heterocycles. The maximum Gasteiger partial charge on any atom is 0.320 e. The Labute approximate surface area is 184 Å². The van der Waals surface area contributed by atoms with Gasteiger partial charge in [0, 0.05) is 11.8 Å². The molecule has 3 aliphatic carbocycles. The highest BCUT2D eigenvalue weighted by atomic mass is 32.2. The van der Waals surface area contributed by atoms with E-state index in [2.05, 4.69) is 4.90 Å². The second-order valence-electron chi connectivity index (χ2n) is 10.1. The summed E-state index contributed by atoms with van der Waals surface area (Å²) in [4.78, 5) is 28.0. The minimum absolute atomic E-state index is 0.199. The summed E-state index contributed by atoms with van der Waals surface area (Å²) in [5.74, 6) is -2.29. The van der Waals surface area contributed by atoms with Gasteiger partial charge in [0.2, 0.25) is 0 Å². The van der Waals surface area contributed by atoms with E-state index in [0.717, 1.165) is 58.0 Å². The van der Waals surface area contributed by atoms with Crippen LogP contribution >= 0.6 is 0 Å². The van der Waals surface area contributed by atoms with Gasteiger partial charge in [0.05, 0.1) is 12.5 Å². The predicted octanol–water partition coefficient (Wildman–Crippen LogP) is 2.01. The van der Waals surface area contributed by atoms with Crippen LogP contribution in [0.1, 0.15) is 64.7 Å². The molecule has 0 radical (unpaired) electrons. The molecule has 5 fully saturated rings. The zero-order valence-corrected chi connectivity index (χ0v) is 19.0. The van der Waals surface area contributed by atoms with Gasteiger partial charge in [-0.3, -0.25) is 18.7 Å². The van der Waals surface area contributed by atoms with Crippen molar-refractivity contribution in [2.24, 2.45) is 17.8 Å². The molecule has 6 unspecified atom stereocenters. The van der Waals surface area contributed by atoms with Gasteiger partial charge in [0.25, 0.3) is 10.1 Å². The number of rotatable bonds is 6. The Kier molecular flexibility index (Phi) is 5.58. The van der Waals surface area contributed by atoms with E-state index in [1.807, 2.05) is 6.92 Å². The van der Waals surface area contributed by atoms with Crippen molar-refractivity contribution in [3.8, 4) is 0 Å². The molecular formula is C22H33NO7S. The summed E-state index contributed by atoms with van der Waals surface area (Å²) < 4.78 is 42.7. The lowest BCUT2D eigenvalue weighted by atomic mass is 9.84. The fourth-order valence-electron chi connectivity index (χ4n) is 6.77. The van der Waals surface area contributed by atoms with Gasteiger partial charge in [-0.2, -0.15) is 8.42 Å². The molecule has 2 heterocycles. The minimum Gasteiger partial charge on any atom is -0.459 e. The van der Waals surface area contributed by atoms with Gasteiger partial charge in [-0.05, 0) is 64.5 Å². The van der Waals surface area contributed by atoms with Crippen molar-refractivity contribution in [3.63, 3.8) is 0 Å². The number of piperidine rings is 1. The van der Waals surface area contributed by atoms with Crippen LogP contribution in [0.2, 0.25) is 0 Å². The first-order valence-corrected chi connectivity index (χ1v) is 13.4. The van der Waals surface area contributed by atoms with Crippen LogP contribution in [-0.4, -0.2) is 67.9 Å². The summed E-state index contributed by atoms with van der Waals surface area (Å²) in [6.07, 6.45) is 6.87. The van der Waals surface area contributed by atoms with E-state index in [9.17, 15) is 18.0 Å². The summed E-state index contributed by atoms with van der Waals surface area (Å²) in [7, 11) is -3.88. The standard InChI is InChI=1S/C22H33NO7S/c1-2-22(8-4-5-9-22)29-21(25)17-14-12-15-19(30-31(26,27)20(15)17)18(14)28-16(24)13-23-10-6-3-7-11-23/h14-15,17-20H,2-13H2,1H3. The van der Waals surface area contributed by atoms with Crippen LogP contribution in [0.4, 0.5) is 0 Å². The molecule has 0 amide bonds. The van der Waals surface area contributed by atoms with Crippen molar-refractivity contribution in [3.05, 3.63) is 0 Å². The highest BCUT2D eigenvalue weighted by Gasteiger charge is 2.72. The van der Waals surface area contributed by atoms with E-state index in [0.29, 0.717) is 6.42 Å². The van der Waals surface area contributed by atoms with Crippen LogP contribution < -0.4 is 0 Å². The number of carbonyl (C=O) groups excluding carboxylic acids is 2. The fourth-order valence-corrected chi connectivity index (χ4v) is 8.83. The normalized spacial score (nSPS) is 40.2. The van der Waals surface area contributed by atoms with E-state index in [-0.39, 0.29) is 24.3 Å². The molecule has 8 nitrogen and oxygen atoms in total. The van der Waals surface area contributed by atoms with Crippen molar-refractivity contribution in [2.75, 3.05) is 19.6 Å². The van der Waals surface area contributed by atoms with Gasteiger partial charge in [0.1, 0.15) is 23.1 Å². The number of hydrogen-bond acceptors (Lipinski definition) is 8. The molecule has 5 rings (SSSR count). The second-order valence-corrected chi connectivity index (χ2v) is 11.8. The number of fused-ring (bicyclic) bond motifs is 1. The van der Waals surface area contributed by atoms with Crippen molar-refractivity contribution in [1.82, 2.24) is 4.90 Å². The minimum atomic E-state index is -3.88. The summed E-state index contributed by atoms with van der Waals surface area (Å²) in [6.45, 7) is 3.95. The molecule has 9 heteroatoms. The topological polar surface area (TPSA) is 99.2 Å². The lowest BCUT2D eigenvalue weighted by molar-refractivity contribution is -0.174. The van der Waals surface area contributed by atoms with Crippen molar-refractivity contribution >= 4 is 22.1 Å². The summed E-state index contributed by atoms with van der Waals surface area (Å²) in [6, 6.07) is 0. The Morgan fingerprint density at radius 3 is 2.45 bits per heavy atom. The molecule has 2 saturated heterocycles. The number of nitrogens with zero attached hydrogens (tertiary/aromatic N) is 1. The maximum absolute atomic E-state index is 13.3. The first-order valence-electron chi connectivity index (χ1n) is 11.9. The van der Waals surface area contributed by atoms with E-state index < -0.39 is 45.1 Å². The Bertz CT molecular complexity index is 831. The second kappa shape index (κ2) is 7.99. The molecule has 0 aromatic carbocycles. The van der Waals surface area contributed by atoms with Gasteiger partial charge in [0.15, 0.2) is 0 Å². The fraction of sp³-hybridized carbons (Fsp3) is 0.909. The smallest absolute Gasteiger partial charge is 0.320 e. The average molecular weight is 456 g/mol. The van der Waals surface area contributed by atoms with Crippen LogP contribution in [-0.2, 0) is 33.4 Å². The Hall–Kier alpha value is -1.19. The van der Waals surface area contributed by atoms with Gasteiger partial charge in [-0.1, -0.05) is 13.3 Å². The summed E-state index contributed by atoms with van der Waals surface area (Å²) in [5.41, 5.74) is -0.484. The summed E-state index contributed by atoms with van der Waals surface area (Å²) in [5, 5.41) is -0.873. The SMILES string of the molecule is CCC1(OC(=O)C2C3CC4C(OS(=O)(=O)C42)C3OC(=O)CN2CCCCC2)CCCC1. The molecule has 31 heavy (non-hydrogen) atoms. The molecule has 0 aromatic heterocycles. The van der Waals surface area contributed by atoms with E-state index >= 15 is 0 Å². The number of likely N-dealkylation sites (tertiary alicyclic amines) is 1. The molecule has 6 atom stereocenters. The van der Waals surface area contributed by atoms with Crippen molar-refractivity contribution in [1.29, 1.82) is 0 Å². The maximum atomic E-state index is 13.3. The molecule has 3 saturated carbocycles. The Morgan fingerprint density at radius 2 is 1.77 bits per heavy atom. The van der Waals surface area contributed by atoms with E-state index in [4.69, 9.17) is 13.7 Å². The zero-order valence-electron chi connectivity index (χ0n) is 18.2. The third-order valence-corrected chi connectivity index (χ3v) is 10.1. The molecule has 0 spiro atoms. The highest BCUT2D eigenvalue weighted by Crippen LogP contribution is 2.59. The number of hydrogen-bond donors (Lipinski definition) is 0. The Morgan fingerprint density at radius 1 is 1.06 bits per heavy atom. The largest absolute Gasteiger partial charge is 0.459 e. The van der Waals surface area contributed by atoms with Crippen LogP contribution in [0.3, 0.4) is 0 Å². The van der Waals surface area contributed by atoms with Crippen LogP contribution in [0.25, 0.3) is 0 Å². The van der Waals surface area contributed by atoms with E-state index in [1.165, 1.54) is 6.42 Å². The van der Waals surface area contributed by atoms with Gasteiger partial charge < -0.3 is 9.47 Å². The van der Waals surface area contributed by atoms with E-state index in [1.54, 1.807) is 0 Å².